The van der Waals surface area contributed by atoms with E-state index in [1.165, 1.54) is 11.1 Å². The van der Waals surface area contributed by atoms with E-state index in [0.717, 1.165) is 11.3 Å². The van der Waals surface area contributed by atoms with Crippen molar-refractivity contribution in [1.29, 1.82) is 0 Å². The van der Waals surface area contributed by atoms with Crippen molar-refractivity contribution >= 4 is 33.4 Å². The Balaban J connectivity index is 2.01. The van der Waals surface area contributed by atoms with E-state index >= 15 is 0 Å². The van der Waals surface area contributed by atoms with Gasteiger partial charge >= 0.3 is 0 Å². The zero-order valence-corrected chi connectivity index (χ0v) is 18.4. The minimum atomic E-state index is -0.353. The molecule has 1 aliphatic heterocycles. The van der Waals surface area contributed by atoms with Gasteiger partial charge < -0.3 is 10.2 Å². The van der Waals surface area contributed by atoms with Crippen LogP contribution in [0.2, 0.25) is 0 Å². The molecule has 2 atom stereocenters. The van der Waals surface area contributed by atoms with Gasteiger partial charge in [0.25, 0.3) is 0 Å². The van der Waals surface area contributed by atoms with Crippen molar-refractivity contribution in [2.24, 2.45) is 0 Å². The Morgan fingerprint density at radius 1 is 1.14 bits per heavy atom. The summed E-state index contributed by atoms with van der Waals surface area (Å²) in [6, 6.07) is 16.4. The van der Waals surface area contributed by atoms with Gasteiger partial charge in [-0.05, 0) is 51.3 Å². The second-order valence-corrected chi connectivity index (χ2v) is 9.55. The van der Waals surface area contributed by atoms with Crippen molar-refractivity contribution in [3.63, 3.8) is 0 Å². The number of anilines is 1. The van der Waals surface area contributed by atoms with Crippen LogP contribution in [0.4, 0.5) is 5.69 Å². The number of carbonyl (C=O) groups excluding carboxylic acids is 2. The highest BCUT2D eigenvalue weighted by atomic mass is 79.9. The first kappa shape index (κ1) is 20.6. The fourth-order valence-electron chi connectivity index (χ4n) is 3.63. The lowest BCUT2D eigenvalue weighted by Crippen LogP contribution is -2.48. The first-order valence-corrected chi connectivity index (χ1v) is 10.5. The van der Waals surface area contributed by atoms with Crippen LogP contribution in [-0.4, -0.2) is 28.7 Å². The summed E-state index contributed by atoms with van der Waals surface area (Å²) in [6.07, 6.45) is 0.649. The molecular formula is C23H27BrN2O2. The van der Waals surface area contributed by atoms with E-state index in [1.807, 2.05) is 39.0 Å². The van der Waals surface area contributed by atoms with E-state index in [-0.39, 0.29) is 34.6 Å². The average Bonchev–Trinajstić information content (AvgIpc) is 2.72. The number of benzene rings is 2. The number of aryl methyl sites for hydroxylation is 1. The molecule has 0 fully saturated rings. The molecule has 5 heteroatoms. The van der Waals surface area contributed by atoms with Crippen LogP contribution in [0.3, 0.4) is 0 Å². The van der Waals surface area contributed by atoms with Crippen LogP contribution in [0.25, 0.3) is 0 Å². The lowest BCUT2D eigenvalue weighted by atomic mass is 9.87. The minimum absolute atomic E-state index is 0.00976. The second-order valence-electron chi connectivity index (χ2n) is 8.45. The number of nitrogens with one attached hydrogen (secondary N) is 1. The standard InChI is InChI=1S/C23H27BrN2O2/c1-15-9-11-16(12-10-15)18-13-19(24)22(28)26(14-21(27)25-23(2,3)4)20-8-6-5-7-17(18)20/h5-12,18-19H,13-14H2,1-4H3,(H,25,27). The highest BCUT2D eigenvalue weighted by Crippen LogP contribution is 2.40. The Morgan fingerprint density at radius 2 is 1.79 bits per heavy atom. The molecule has 0 radical (unpaired) electrons. The number of alkyl halides is 1. The molecule has 0 spiro atoms. The van der Waals surface area contributed by atoms with Crippen molar-refractivity contribution in [3.8, 4) is 0 Å². The molecule has 1 heterocycles. The zero-order chi connectivity index (χ0) is 20.5. The number of nitrogens with zero attached hydrogens (tertiary/aromatic N) is 1. The summed E-state index contributed by atoms with van der Waals surface area (Å²) in [6.45, 7) is 7.88. The van der Waals surface area contributed by atoms with Crippen molar-refractivity contribution < 1.29 is 9.59 Å². The first-order chi connectivity index (χ1) is 13.2. The van der Waals surface area contributed by atoms with E-state index in [0.29, 0.717) is 6.42 Å². The normalized spacial score (nSPS) is 19.8. The third kappa shape index (κ3) is 4.64. The summed E-state index contributed by atoms with van der Waals surface area (Å²) in [5.41, 5.74) is 3.92. The maximum atomic E-state index is 13.1. The highest BCUT2D eigenvalue weighted by molar-refractivity contribution is 9.10. The third-order valence-electron chi connectivity index (χ3n) is 4.88. The summed E-state index contributed by atoms with van der Waals surface area (Å²) >= 11 is 3.58. The topological polar surface area (TPSA) is 49.4 Å². The van der Waals surface area contributed by atoms with Crippen LogP contribution in [0, 0.1) is 6.92 Å². The molecule has 0 saturated carbocycles. The van der Waals surface area contributed by atoms with Crippen molar-refractivity contribution in [2.45, 2.75) is 50.4 Å². The fourth-order valence-corrected chi connectivity index (χ4v) is 4.25. The van der Waals surface area contributed by atoms with Crippen molar-refractivity contribution in [2.75, 3.05) is 11.4 Å². The largest absolute Gasteiger partial charge is 0.350 e. The average molecular weight is 443 g/mol. The smallest absolute Gasteiger partial charge is 0.241 e. The molecule has 3 rings (SSSR count). The van der Waals surface area contributed by atoms with Crippen molar-refractivity contribution in [1.82, 2.24) is 5.32 Å². The predicted molar refractivity (Wildman–Crippen MR) is 117 cm³/mol. The van der Waals surface area contributed by atoms with Crippen LogP contribution in [0.5, 0.6) is 0 Å². The number of carbonyl (C=O) groups is 2. The molecule has 28 heavy (non-hydrogen) atoms. The number of hydrogen-bond donors (Lipinski definition) is 1. The molecular weight excluding hydrogens is 416 g/mol. The molecule has 1 N–H and O–H groups in total. The van der Waals surface area contributed by atoms with Gasteiger partial charge in [0.1, 0.15) is 6.54 Å². The molecule has 4 nitrogen and oxygen atoms in total. The monoisotopic (exact) mass is 442 g/mol. The van der Waals surface area contributed by atoms with Gasteiger partial charge in [-0.15, -0.1) is 0 Å². The van der Waals surface area contributed by atoms with E-state index < -0.39 is 0 Å². The van der Waals surface area contributed by atoms with Gasteiger partial charge in [-0.3, -0.25) is 9.59 Å². The fraction of sp³-hybridized carbons (Fsp3) is 0.391. The lowest BCUT2D eigenvalue weighted by Gasteiger charge is -2.27. The highest BCUT2D eigenvalue weighted by Gasteiger charge is 2.35. The first-order valence-electron chi connectivity index (χ1n) is 9.57. The van der Waals surface area contributed by atoms with Gasteiger partial charge in [0.2, 0.25) is 11.8 Å². The Labute approximate surface area is 175 Å². The molecule has 0 aliphatic carbocycles. The molecule has 1 aliphatic rings. The van der Waals surface area contributed by atoms with Gasteiger partial charge in [0.05, 0.1) is 4.83 Å². The van der Waals surface area contributed by atoms with Gasteiger partial charge in [-0.1, -0.05) is 64.0 Å². The van der Waals surface area contributed by atoms with Crippen LogP contribution in [0.15, 0.2) is 48.5 Å². The number of fused-ring (bicyclic) bond motifs is 1. The predicted octanol–water partition coefficient (Wildman–Crippen LogP) is 4.54. The Kier molecular flexibility index (Phi) is 5.94. The summed E-state index contributed by atoms with van der Waals surface area (Å²) in [5, 5.41) is 2.95. The molecule has 2 aromatic carbocycles. The van der Waals surface area contributed by atoms with Crippen LogP contribution >= 0.6 is 15.9 Å². The molecule has 0 bridgehead atoms. The Hall–Kier alpha value is -2.14. The number of rotatable bonds is 3. The molecule has 148 valence electrons. The maximum absolute atomic E-state index is 13.1. The molecule has 0 saturated heterocycles. The van der Waals surface area contributed by atoms with Gasteiger partial charge in [-0.25, -0.2) is 0 Å². The molecule has 2 aromatic rings. The van der Waals surface area contributed by atoms with Gasteiger partial charge in [-0.2, -0.15) is 0 Å². The second kappa shape index (κ2) is 8.08. The van der Waals surface area contributed by atoms with Crippen LogP contribution in [0.1, 0.15) is 49.8 Å². The van der Waals surface area contributed by atoms with E-state index in [1.54, 1.807) is 4.90 Å². The molecule has 2 unspecified atom stereocenters. The molecule has 0 aromatic heterocycles. The summed E-state index contributed by atoms with van der Waals surface area (Å²) in [4.78, 5) is 27.0. The SMILES string of the molecule is Cc1ccc(C2CC(Br)C(=O)N(CC(=O)NC(C)(C)C)c3ccccc32)cc1. The number of para-hydroxylation sites is 1. The van der Waals surface area contributed by atoms with E-state index in [2.05, 4.69) is 58.5 Å². The van der Waals surface area contributed by atoms with Crippen LogP contribution < -0.4 is 10.2 Å². The molecule has 2 amide bonds. The quantitative estimate of drug-likeness (QED) is 0.709. The Morgan fingerprint density at radius 3 is 2.43 bits per heavy atom. The lowest BCUT2D eigenvalue weighted by molar-refractivity contribution is -0.124. The summed E-state index contributed by atoms with van der Waals surface area (Å²) < 4.78 is 0. The van der Waals surface area contributed by atoms with Gasteiger partial charge in [0, 0.05) is 17.1 Å². The van der Waals surface area contributed by atoms with E-state index in [4.69, 9.17) is 0 Å². The van der Waals surface area contributed by atoms with Gasteiger partial charge in [0.15, 0.2) is 0 Å². The summed E-state index contributed by atoms with van der Waals surface area (Å²) in [5.74, 6) is -0.156. The number of hydrogen-bond acceptors (Lipinski definition) is 2. The van der Waals surface area contributed by atoms with Crippen LogP contribution in [-0.2, 0) is 9.59 Å². The minimum Gasteiger partial charge on any atom is -0.350 e. The van der Waals surface area contributed by atoms with Crippen molar-refractivity contribution in [3.05, 3.63) is 65.2 Å². The maximum Gasteiger partial charge on any atom is 0.241 e. The third-order valence-corrected chi connectivity index (χ3v) is 5.64. The van der Waals surface area contributed by atoms with E-state index in [9.17, 15) is 9.59 Å². The summed E-state index contributed by atoms with van der Waals surface area (Å²) in [7, 11) is 0. The Bertz CT molecular complexity index is 871. The number of halogens is 1. The number of amides is 2. The zero-order valence-electron chi connectivity index (χ0n) is 16.8.